The highest BCUT2D eigenvalue weighted by atomic mass is 15.0. The third-order valence-corrected chi connectivity index (χ3v) is 25.8. The Balaban J connectivity index is 0.000000142. The molecule has 4 heterocycles. The maximum absolute atomic E-state index is 7.87. The predicted octanol–water partition coefficient (Wildman–Crippen LogP) is 30.0. The number of rotatable bonds is 10. The van der Waals surface area contributed by atoms with Crippen molar-refractivity contribution in [1.29, 1.82) is 0 Å². The number of benzene rings is 18. The van der Waals surface area contributed by atoms with Crippen LogP contribution in [0.1, 0.15) is 52.8 Å². The van der Waals surface area contributed by atoms with Gasteiger partial charge in [-0.1, -0.05) is 305 Å². The first-order valence-electron chi connectivity index (χ1n) is 41.1. The van der Waals surface area contributed by atoms with E-state index in [9.17, 15) is 0 Å². The highest BCUT2D eigenvalue weighted by Gasteiger charge is 2.46. The zero-order chi connectivity index (χ0) is 79.2. The zero-order valence-corrected chi connectivity index (χ0v) is 66.0. The summed E-state index contributed by atoms with van der Waals surface area (Å²) in [7, 11) is 0. The summed E-state index contributed by atoms with van der Waals surface area (Å²) < 4.78 is 9.63. The van der Waals surface area contributed by atoms with Gasteiger partial charge in [-0.25, -0.2) is 4.85 Å². The quantitative estimate of drug-likeness (QED) is 0.122. The minimum atomic E-state index is -0.487. The van der Waals surface area contributed by atoms with Crippen LogP contribution in [0.15, 0.2) is 413 Å². The molecular formula is C114H77N5. The van der Waals surface area contributed by atoms with Crippen molar-refractivity contribution in [1.82, 2.24) is 18.3 Å². The molecule has 0 fully saturated rings. The number of hydrogen-bond donors (Lipinski definition) is 0. The minimum Gasteiger partial charge on any atom is -0.309 e. The van der Waals surface area contributed by atoms with E-state index >= 15 is 0 Å². The molecule has 2 aliphatic carbocycles. The van der Waals surface area contributed by atoms with Crippen LogP contribution in [-0.2, 0) is 10.8 Å². The summed E-state index contributed by atoms with van der Waals surface area (Å²) in [6, 6.07) is 151. The molecular weight excluding hydrogens is 1440 g/mol. The fourth-order valence-corrected chi connectivity index (χ4v) is 20.2. The fourth-order valence-electron chi connectivity index (χ4n) is 20.2. The van der Waals surface area contributed by atoms with Gasteiger partial charge in [-0.05, 0) is 240 Å². The van der Waals surface area contributed by atoms with Gasteiger partial charge in [0, 0.05) is 65.9 Å². The van der Waals surface area contributed by atoms with Gasteiger partial charge in [0.1, 0.15) is 0 Å². The molecule has 0 radical (unpaired) electrons. The maximum atomic E-state index is 7.87. The molecule has 0 atom stereocenters. The van der Waals surface area contributed by atoms with Gasteiger partial charge in [0.2, 0.25) is 0 Å². The molecule has 0 saturated heterocycles. The summed E-state index contributed by atoms with van der Waals surface area (Å²) in [5.41, 5.74) is 38.0. The molecule has 0 bridgehead atoms. The molecule has 18 aromatic carbocycles. The van der Waals surface area contributed by atoms with Crippen molar-refractivity contribution in [2.45, 2.75) is 31.6 Å². The monoisotopic (exact) mass is 1520 g/mol. The fraction of sp³-hybridized carbons (Fsp3) is 0.0439. The van der Waals surface area contributed by atoms with Crippen LogP contribution in [0.25, 0.3) is 182 Å². The van der Waals surface area contributed by atoms with Crippen molar-refractivity contribution in [3.8, 4) is 89.5 Å². The summed E-state index contributed by atoms with van der Waals surface area (Å²) in [5.74, 6) is 0. The second-order valence-corrected chi connectivity index (χ2v) is 32.6. The highest BCUT2D eigenvalue weighted by Crippen LogP contribution is 2.57. The Hall–Kier alpha value is -15.4. The lowest BCUT2D eigenvalue weighted by molar-refractivity contribution is 0.660. The smallest absolute Gasteiger partial charge is 0.188 e. The second-order valence-electron chi connectivity index (χ2n) is 32.6. The lowest BCUT2D eigenvalue weighted by atomic mass is 9.67. The van der Waals surface area contributed by atoms with E-state index in [0.717, 1.165) is 55.5 Å². The Bertz CT molecular complexity index is 7880. The first-order chi connectivity index (χ1) is 58.6. The molecule has 5 heteroatoms. The van der Waals surface area contributed by atoms with Crippen LogP contribution in [-0.4, -0.2) is 18.3 Å². The van der Waals surface area contributed by atoms with Crippen molar-refractivity contribution in [3.05, 3.63) is 463 Å². The third kappa shape index (κ3) is 10.8. The molecule has 2 aliphatic rings. The van der Waals surface area contributed by atoms with Crippen molar-refractivity contribution >= 4 is 92.9 Å². The third-order valence-electron chi connectivity index (χ3n) is 25.8. The van der Waals surface area contributed by atoms with Crippen LogP contribution in [0.3, 0.4) is 0 Å². The van der Waals surface area contributed by atoms with Gasteiger partial charge in [0.25, 0.3) is 0 Å². The van der Waals surface area contributed by atoms with Gasteiger partial charge >= 0.3 is 0 Å². The van der Waals surface area contributed by atoms with E-state index in [4.69, 9.17) is 6.57 Å². The van der Waals surface area contributed by atoms with E-state index in [1.807, 2.05) is 18.2 Å². The molecule has 0 unspecified atom stereocenters. The van der Waals surface area contributed by atoms with Gasteiger partial charge in [-0.2, -0.15) is 0 Å². The molecule has 119 heavy (non-hydrogen) atoms. The predicted molar refractivity (Wildman–Crippen MR) is 498 cm³/mol. The number of para-hydroxylation sites is 3. The number of fused-ring (bicyclic) bond motifs is 18. The van der Waals surface area contributed by atoms with E-state index in [1.54, 1.807) is 0 Å². The lowest BCUT2D eigenvalue weighted by Gasteiger charge is -2.34. The number of hydrogen-bond acceptors (Lipinski definition) is 0. The molecule has 22 aromatic rings. The molecule has 0 aliphatic heterocycles. The molecule has 4 aromatic heterocycles. The Morgan fingerprint density at radius 3 is 0.975 bits per heavy atom. The number of aryl methyl sites for hydroxylation is 1. The van der Waals surface area contributed by atoms with Crippen molar-refractivity contribution < 1.29 is 0 Å². The van der Waals surface area contributed by atoms with Crippen LogP contribution in [0, 0.1) is 13.5 Å². The summed E-state index contributed by atoms with van der Waals surface area (Å²) in [6.45, 7) is 14.7. The summed E-state index contributed by atoms with van der Waals surface area (Å²) in [6.07, 6.45) is 0. The molecule has 0 N–H and O–H groups in total. The van der Waals surface area contributed by atoms with Crippen LogP contribution in [0.2, 0.25) is 0 Å². The first kappa shape index (κ1) is 69.2. The van der Waals surface area contributed by atoms with Gasteiger partial charge in [0.05, 0.1) is 56.1 Å². The molecule has 0 saturated carbocycles. The zero-order valence-electron chi connectivity index (χ0n) is 66.0. The van der Waals surface area contributed by atoms with Crippen molar-refractivity contribution in [3.63, 3.8) is 0 Å². The van der Waals surface area contributed by atoms with Gasteiger partial charge in [-0.15, -0.1) is 0 Å². The Morgan fingerprint density at radius 2 is 0.521 bits per heavy atom. The molecule has 558 valence electrons. The van der Waals surface area contributed by atoms with Crippen molar-refractivity contribution in [2.75, 3.05) is 0 Å². The topological polar surface area (TPSA) is 24.1 Å². The summed E-state index contributed by atoms with van der Waals surface area (Å²) >= 11 is 0. The van der Waals surface area contributed by atoms with Gasteiger partial charge in [0.15, 0.2) is 5.69 Å². The van der Waals surface area contributed by atoms with E-state index in [0.29, 0.717) is 5.69 Å². The normalized spacial score (nSPS) is 13.0. The van der Waals surface area contributed by atoms with Crippen LogP contribution >= 0.6 is 0 Å². The standard InChI is InChI=1S/C62H39N3.C52H38N2/c1-63-47-29-36-61-55(39-47)54-38-44(28-35-60(54)64(61)48-30-25-42(26-31-48)41-15-5-2-6-16-41)43-27-34-59-53(37-43)52-22-12-14-24-58(52)65(59)49-32-33-51-50-21-11-13-23-56(50)62(57(51)40-49,45-17-7-3-8-18-45)46-19-9-4-10-20-46;1-33-16-18-34(19-17-33)35-20-24-38(25-21-35)53-48-14-8-5-11-42(48)44-30-36(22-28-50(44)53)37-23-29-51-45(31-37)43-12-6-9-15-49(43)54(51)39-26-27-41-40-10-4-7-13-46(40)52(2,3)47(41)32-39/h2-40H;4-32H,1-3H3. The van der Waals surface area contributed by atoms with E-state index in [2.05, 4.69) is 438 Å². The summed E-state index contributed by atoms with van der Waals surface area (Å²) in [5, 5.41) is 9.66. The SMILES string of the molecule is Cc1ccc(-c2ccc(-n3c4ccccc4c4cc(-c5ccc6c(c5)c5ccccc5n6-c5ccc6c(c5)C(C)(C)c5ccccc5-6)ccc43)cc2)cc1.[C-]#[N+]c1ccc2c(c1)c1cc(-c3ccc4c(c3)c3ccccc3n4-c3ccc4c(c3)C(c3ccccc3)(c3ccccc3)c3ccccc3-4)ccc1n2-c1ccc(-c2ccccc2)cc1. The highest BCUT2D eigenvalue weighted by molar-refractivity contribution is 6.16. The van der Waals surface area contributed by atoms with Gasteiger partial charge < -0.3 is 18.3 Å². The largest absolute Gasteiger partial charge is 0.309 e. The van der Waals surface area contributed by atoms with Crippen LogP contribution < -0.4 is 0 Å². The lowest BCUT2D eigenvalue weighted by Crippen LogP contribution is -2.28. The Labute approximate surface area is 690 Å². The molecule has 24 rings (SSSR count). The summed E-state index contributed by atoms with van der Waals surface area (Å²) in [4.78, 5) is 3.83. The molecule has 0 spiro atoms. The number of nitrogens with zero attached hydrogens (tertiary/aromatic N) is 5. The Kier molecular flexibility index (Phi) is 15.8. The van der Waals surface area contributed by atoms with Crippen LogP contribution in [0.4, 0.5) is 5.69 Å². The van der Waals surface area contributed by atoms with Crippen LogP contribution in [0.5, 0.6) is 0 Å². The molecule has 0 amide bonds. The maximum Gasteiger partial charge on any atom is 0.188 e. The minimum absolute atomic E-state index is 0.0550. The Morgan fingerprint density at radius 1 is 0.218 bits per heavy atom. The van der Waals surface area contributed by atoms with E-state index in [-0.39, 0.29) is 5.41 Å². The first-order valence-corrected chi connectivity index (χ1v) is 41.1. The van der Waals surface area contributed by atoms with Crippen molar-refractivity contribution in [2.24, 2.45) is 0 Å². The average molecular weight is 1520 g/mol. The average Bonchev–Trinajstić information content (AvgIpc) is 1.59. The van der Waals surface area contributed by atoms with E-state index in [1.165, 1.54) is 160 Å². The number of aromatic nitrogens is 4. The molecule has 5 nitrogen and oxygen atoms in total. The van der Waals surface area contributed by atoms with Gasteiger partial charge in [-0.3, -0.25) is 0 Å². The van der Waals surface area contributed by atoms with E-state index < -0.39 is 5.41 Å². The second kappa shape index (κ2) is 27.2.